The van der Waals surface area contributed by atoms with Crippen molar-refractivity contribution in [1.82, 2.24) is 5.32 Å². The van der Waals surface area contributed by atoms with Gasteiger partial charge in [0.15, 0.2) is 5.54 Å². The average Bonchev–Trinajstić information content (AvgIpc) is 3.32. The van der Waals surface area contributed by atoms with Gasteiger partial charge in [-0.25, -0.2) is 0 Å². The summed E-state index contributed by atoms with van der Waals surface area (Å²) in [5.74, 6) is -0.773. The van der Waals surface area contributed by atoms with Crippen LogP contribution in [0.3, 0.4) is 0 Å². The normalized spacial score (nSPS) is 24.4. The molecule has 0 radical (unpaired) electrons. The zero-order valence-corrected chi connectivity index (χ0v) is 19.8. The first kappa shape index (κ1) is 23.7. The Labute approximate surface area is 210 Å². The van der Waals surface area contributed by atoms with Gasteiger partial charge in [-0.2, -0.15) is 0 Å². The number of nitro groups is 2. The van der Waals surface area contributed by atoms with E-state index in [4.69, 9.17) is 16.3 Å². The number of rotatable bonds is 6. The summed E-state index contributed by atoms with van der Waals surface area (Å²) in [4.78, 5) is 35.7. The molecule has 1 amide bonds. The number of hydrogen-bond donors (Lipinski definition) is 2. The van der Waals surface area contributed by atoms with Crippen molar-refractivity contribution in [3.63, 3.8) is 0 Å². The van der Waals surface area contributed by atoms with Crippen LogP contribution in [0.25, 0.3) is 0 Å². The lowest BCUT2D eigenvalue weighted by atomic mass is 9.78. The summed E-state index contributed by atoms with van der Waals surface area (Å²) < 4.78 is 5.77. The lowest BCUT2D eigenvalue weighted by molar-refractivity contribution is -0.532. The molecule has 2 N–H and O–H groups in total. The number of hydrogen-bond acceptors (Lipinski definition) is 7. The number of non-ortho nitro benzene ring substituents is 1. The molecule has 0 aliphatic carbocycles. The van der Waals surface area contributed by atoms with Crippen molar-refractivity contribution in [3.05, 3.63) is 109 Å². The van der Waals surface area contributed by atoms with Crippen molar-refractivity contribution >= 4 is 28.9 Å². The maximum Gasteiger partial charge on any atom is 0.269 e. The van der Waals surface area contributed by atoms with E-state index in [2.05, 4.69) is 10.6 Å². The molecule has 184 valence electrons. The Morgan fingerprint density at radius 3 is 2.56 bits per heavy atom. The van der Waals surface area contributed by atoms with Gasteiger partial charge in [0, 0.05) is 34.3 Å². The van der Waals surface area contributed by atoms with Gasteiger partial charge in [-0.15, -0.1) is 0 Å². The summed E-state index contributed by atoms with van der Waals surface area (Å²) in [5, 5.41) is 29.7. The lowest BCUT2D eigenvalue weighted by Crippen LogP contribution is -2.54. The fourth-order valence-corrected chi connectivity index (χ4v) is 5.56. The van der Waals surface area contributed by atoms with Gasteiger partial charge < -0.3 is 10.1 Å². The first-order chi connectivity index (χ1) is 17.2. The number of nitrogens with one attached hydrogen (secondary N) is 2. The van der Waals surface area contributed by atoms with E-state index in [1.807, 2.05) is 6.92 Å². The largest absolute Gasteiger partial charge is 0.487 e. The lowest BCUT2D eigenvalue weighted by Gasteiger charge is -2.25. The highest BCUT2D eigenvalue weighted by Gasteiger charge is 2.67. The van der Waals surface area contributed by atoms with Gasteiger partial charge in [0.25, 0.3) is 17.6 Å². The van der Waals surface area contributed by atoms with Crippen LogP contribution in [0.2, 0.25) is 5.02 Å². The van der Waals surface area contributed by atoms with Gasteiger partial charge in [0.05, 0.1) is 15.9 Å². The van der Waals surface area contributed by atoms with E-state index in [1.54, 1.807) is 54.6 Å². The Morgan fingerprint density at radius 2 is 1.83 bits per heavy atom. The molecular weight excluding hydrogens is 488 g/mol. The van der Waals surface area contributed by atoms with Crippen molar-refractivity contribution in [1.29, 1.82) is 0 Å². The summed E-state index contributed by atoms with van der Waals surface area (Å²) in [6.45, 7) is 1.87. The summed E-state index contributed by atoms with van der Waals surface area (Å²) in [6, 6.07) is 16.3. The second-order valence-electron chi connectivity index (χ2n) is 8.90. The minimum atomic E-state index is -1.51. The number of nitro benzene ring substituents is 1. The first-order valence-electron chi connectivity index (χ1n) is 11.2. The Bertz CT molecular complexity index is 1400. The minimum Gasteiger partial charge on any atom is -0.487 e. The molecule has 0 unspecified atom stereocenters. The van der Waals surface area contributed by atoms with Crippen molar-refractivity contribution in [3.8, 4) is 5.75 Å². The standard InChI is InChI=1S/C25H21ClN4O6/c1-14-22(23(30(34)35)25(28-14)18-7-2-3-8-20(18)27-24(25)31)16-9-10-21(19(26)12-16)36-13-15-5-4-6-17(11-15)29(32)33/h2-12,14,22-23,28H,13H2,1H3,(H,27,31)/t14-,22-,23+,25-/m0/s1. The highest BCUT2D eigenvalue weighted by Crippen LogP contribution is 2.50. The van der Waals surface area contributed by atoms with Crippen LogP contribution in [0.5, 0.6) is 5.75 Å². The van der Waals surface area contributed by atoms with Crippen LogP contribution in [0.4, 0.5) is 11.4 Å². The van der Waals surface area contributed by atoms with Crippen LogP contribution in [-0.4, -0.2) is 27.8 Å². The van der Waals surface area contributed by atoms with E-state index in [1.165, 1.54) is 12.1 Å². The Kier molecular flexibility index (Phi) is 5.85. The summed E-state index contributed by atoms with van der Waals surface area (Å²) in [5.41, 5.74) is 0.746. The predicted molar refractivity (Wildman–Crippen MR) is 132 cm³/mol. The number of fused-ring (bicyclic) bond motifs is 2. The smallest absolute Gasteiger partial charge is 0.269 e. The molecule has 1 saturated heterocycles. The molecule has 2 aliphatic rings. The molecule has 0 saturated carbocycles. The van der Waals surface area contributed by atoms with Crippen molar-refractivity contribution in [2.45, 2.75) is 37.1 Å². The fraction of sp³-hybridized carbons (Fsp3) is 0.240. The van der Waals surface area contributed by atoms with Crippen LogP contribution >= 0.6 is 11.6 Å². The summed E-state index contributed by atoms with van der Waals surface area (Å²) >= 11 is 6.49. The van der Waals surface area contributed by atoms with Gasteiger partial charge in [-0.3, -0.25) is 30.3 Å². The Hall–Kier alpha value is -4.02. The maximum absolute atomic E-state index is 13.1. The average molecular weight is 509 g/mol. The number of para-hydroxylation sites is 1. The summed E-state index contributed by atoms with van der Waals surface area (Å²) in [6.07, 6.45) is 0. The number of carbonyl (C=O) groups is 1. The van der Waals surface area contributed by atoms with Gasteiger partial charge in [-0.05, 0) is 36.2 Å². The van der Waals surface area contributed by atoms with Gasteiger partial charge in [0.2, 0.25) is 0 Å². The molecule has 4 atom stereocenters. The minimum absolute atomic E-state index is 0.0439. The van der Waals surface area contributed by atoms with Gasteiger partial charge >= 0.3 is 0 Å². The third-order valence-corrected chi connectivity index (χ3v) is 7.12. The van der Waals surface area contributed by atoms with E-state index in [0.29, 0.717) is 28.1 Å². The maximum atomic E-state index is 13.1. The van der Waals surface area contributed by atoms with Crippen LogP contribution in [0.15, 0.2) is 66.7 Å². The molecule has 5 rings (SSSR count). The number of anilines is 1. The molecule has 2 aliphatic heterocycles. The molecule has 1 fully saturated rings. The third-order valence-electron chi connectivity index (χ3n) is 6.82. The van der Waals surface area contributed by atoms with Crippen LogP contribution < -0.4 is 15.4 Å². The number of ether oxygens (including phenoxy) is 1. The van der Waals surface area contributed by atoms with E-state index in [9.17, 15) is 25.0 Å². The second-order valence-corrected chi connectivity index (χ2v) is 9.31. The van der Waals surface area contributed by atoms with Gasteiger partial charge in [0.1, 0.15) is 12.4 Å². The molecule has 36 heavy (non-hydrogen) atoms. The number of halogens is 1. The van der Waals surface area contributed by atoms with Gasteiger partial charge in [-0.1, -0.05) is 48.0 Å². The quantitative estimate of drug-likeness (QED) is 0.372. The number of nitrogens with zero attached hydrogens (tertiary/aromatic N) is 2. The first-order valence-corrected chi connectivity index (χ1v) is 11.6. The van der Waals surface area contributed by atoms with Crippen LogP contribution in [-0.2, 0) is 16.9 Å². The zero-order valence-electron chi connectivity index (χ0n) is 19.0. The SMILES string of the molecule is C[C@@H]1N[C@]2(C(=O)Nc3ccccc32)[C@H]([N+](=O)[O-])[C@@H]1c1ccc(OCc2cccc([N+](=O)[O-])c2)c(Cl)c1. The van der Waals surface area contributed by atoms with Crippen molar-refractivity contribution < 1.29 is 19.4 Å². The second kappa shape index (κ2) is 8.89. The Balaban J connectivity index is 1.44. The van der Waals surface area contributed by atoms with E-state index < -0.39 is 39.3 Å². The van der Waals surface area contributed by atoms with Crippen molar-refractivity contribution in [2.24, 2.45) is 0 Å². The number of carbonyl (C=O) groups excluding carboxylic acids is 1. The Morgan fingerprint density at radius 1 is 1.06 bits per heavy atom. The molecule has 10 nitrogen and oxygen atoms in total. The predicted octanol–water partition coefficient (Wildman–Crippen LogP) is 4.40. The highest BCUT2D eigenvalue weighted by atomic mass is 35.5. The third kappa shape index (κ3) is 3.75. The molecule has 0 aromatic heterocycles. The number of amides is 1. The molecular formula is C25H21ClN4O6. The number of benzene rings is 3. The molecule has 2 heterocycles. The highest BCUT2D eigenvalue weighted by molar-refractivity contribution is 6.32. The topological polar surface area (TPSA) is 137 Å². The summed E-state index contributed by atoms with van der Waals surface area (Å²) in [7, 11) is 0. The molecule has 1 spiro atoms. The molecule has 0 bridgehead atoms. The fourth-order valence-electron chi connectivity index (χ4n) is 5.32. The monoisotopic (exact) mass is 508 g/mol. The van der Waals surface area contributed by atoms with E-state index in [0.717, 1.165) is 0 Å². The van der Waals surface area contributed by atoms with Crippen LogP contribution in [0, 0.1) is 20.2 Å². The van der Waals surface area contributed by atoms with E-state index >= 15 is 0 Å². The molecule has 3 aromatic carbocycles. The zero-order chi connectivity index (χ0) is 25.6. The van der Waals surface area contributed by atoms with E-state index in [-0.39, 0.29) is 17.3 Å². The van der Waals surface area contributed by atoms with Crippen LogP contribution in [0.1, 0.15) is 29.5 Å². The van der Waals surface area contributed by atoms with Crippen molar-refractivity contribution in [2.75, 3.05) is 5.32 Å². The molecule has 11 heteroatoms. The molecule has 3 aromatic rings.